The van der Waals surface area contributed by atoms with Crippen LogP contribution in [0.25, 0.3) is 10.4 Å². The van der Waals surface area contributed by atoms with Gasteiger partial charge >= 0.3 is 0 Å². The molecule has 0 atom stereocenters. The Labute approximate surface area is 135 Å². The fraction of sp³-hybridized carbons (Fsp3) is 0. The van der Waals surface area contributed by atoms with Crippen molar-refractivity contribution in [3.63, 3.8) is 0 Å². The molecule has 0 saturated heterocycles. The van der Waals surface area contributed by atoms with Crippen LogP contribution in [0.4, 0.5) is 5.69 Å². The Morgan fingerprint density at radius 2 is 1.52 bits per heavy atom. The van der Waals surface area contributed by atoms with E-state index in [1.54, 1.807) is 30.3 Å². The zero-order valence-electron chi connectivity index (χ0n) is 10.3. The predicted molar refractivity (Wildman–Crippen MR) is 84.0 cm³/mol. The van der Waals surface area contributed by atoms with Crippen LogP contribution in [0, 0.1) is 0 Å². The van der Waals surface area contributed by atoms with E-state index in [0.717, 1.165) is 0 Å². The van der Waals surface area contributed by atoms with Crippen LogP contribution in [0.15, 0.2) is 44.4 Å². The monoisotopic (exact) mass is 405 g/mol. The topological polar surface area (TPSA) is 82.9 Å². The molecule has 0 spiro atoms. The summed E-state index contributed by atoms with van der Waals surface area (Å²) < 4.78 is 0.931. The smallest absolute Gasteiger partial charge is 0.195 e. The zero-order chi connectivity index (χ0) is 15.1. The maximum absolute atomic E-state index is 12.7. The number of rotatable bonds is 1. The summed E-state index contributed by atoms with van der Waals surface area (Å²) in [4.78, 5) is 28.0. The molecule has 2 aromatic carbocycles. The number of nitrogens with zero attached hydrogens (tertiary/aromatic N) is 3. The van der Waals surface area contributed by atoms with Gasteiger partial charge in [-0.15, -0.1) is 0 Å². The van der Waals surface area contributed by atoms with Gasteiger partial charge in [-0.1, -0.05) is 45.3 Å². The van der Waals surface area contributed by atoms with E-state index in [1.165, 1.54) is 0 Å². The molecule has 102 valence electrons. The van der Waals surface area contributed by atoms with Gasteiger partial charge in [0.25, 0.3) is 0 Å². The van der Waals surface area contributed by atoms with E-state index in [0.29, 0.717) is 20.1 Å². The van der Waals surface area contributed by atoms with Crippen molar-refractivity contribution in [3.05, 3.63) is 72.0 Å². The summed E-state index contributed by atoms with van der Waals surface area (Å²) in [7, 11) is 0. The molecule has 0 fully saturated rings. The molecule has 0 saturated carbocycles. The van der Waals surface area contributed by atoms with Gasteiger partial charge in [0.05, 0.1) is 5.69 Å². The van der Waals surface area contributed by atoms with Crippen LogP contribution in [0.2, 0.25) is 0 Å². The van der Waals surface area contributed by atoms with E-state index in [2.05, 4.69) is 41.9 Å². The molecule has 0 aliphatic heterocycles. The van der Waals surface area contributed by atoms with Crippen LogP contribution in [0.1, 0.15) is 31.8 Å². The van der Waals surface area contributed by atoms with Gasteiger partial charge in [0.1, 0.15) is 0 Å². The summed E-state index contributed by atoms with van der Waals surface area (Å²) in [6, 6.07) is 8.20. The summed E-state index contributed by atoms with van der Waals surface area (Å²) in [5.74, 6) is -0.599. The van der Waals surface area contributed by atoms with Crippen molar-refractivity contribution in [3.8, 4) is 0 Å². The molecule has 1 aliphatic carbocycles. The highest BCUT2D eigenvalue weighted by molar-refractivity contribution is 9.11. The van der Waals surface area contributed by atoms with Gasteiger partial charge in [-0.3, -0.25) is 9.59 Å². The molecule has 3 rings (SSSR count). The predicted octanol–water partition coefficient (Wildman–Crippen LogP) is 4.93. The summed E-state index contributed by atoms with van der Waals surface area (Å²) >= 11 is 6.56. The third-order valence-electron chi connectivity index (χ3n) is 3.22. The minimum absolute atomic E-state index is 0.123. The molecule has 0 aromatic heterocycles. The van der Waals surface area contributed by atoms with Crippen LogP contribution in [0.3, 0.4) is 0 Å². The maximum Gasteiger partial charge on any atom is 0.195 e. The third kappa shape index (κ3) is 2.01. The fourth-order valence-electron chi connectivity index (χ4n) is 2.34. The van der Waals surface area contributed by atoms with Crippen molar-refractivity contribution < 1.29 is 9.59 Å². The van der Waals surface area contributed by atoms with E-state index >= 15 is 0 Å². The first-order valence-corrected chi connectivity index (χ1v) is 7.40. The molecular formula is C14H5Br2N3O2. The van der Waals surface area contributed by atoms with E-state index in [9.17, 15) is 9.59 Å². The van der Waals surface area contributed by atoms with Crippen molar-refractivity contribution in [1.29, 1.82) is 0 Å². The molecule has 0 unspecified atom stereocenters. The van der Waals surface area contributed by atoms with Crippen molar-refractivity contribution in [2.45, 2.75) is 0 Å². The molecule has 0 bridgehead atoms. The molecule has 0 radical (unpaired) electrons. The lowest BCUT2D eigenvalue weighted by Crippen LogP contribution is -2.21. The van der Waals surface area contributed by atoms with Crippen LogP contribution >= 0.6 is 31.9 Å². The largest absolute Gasteiger partial charge is 0.289 e. The molecule has 1 aliphatic rings. The van der Waals surface area contributed by atoms with E-state index in [4.69, 9.17) is 5.53 Å². The Bertz CT molecular complexity index is 871. The van der Waals surface area contributed by atoms with E-state index < -0.39 is 0 Å². The minimum Gasteiger partial charge on any atom is -0.289 e. The van der Waals surface area contributed by atoms with Gasteiger partial charge in [0.2, 0.25) is 0 Å². The number of carbonyl (C=O) groups excluding carboxylic acids is 2. The first kappa shape index (κ1) is 14.0. The SMILES string of the molecule is [N-]=[N+]=Nc1c(Br)cc(Br)c2c1C(=O)c1ccccc1C2=O. The number of ketones is 2. The third-order valence-corrected chi connectivity index (χ3v) is 4.45. The quantitative estimate of drug-likeness (QED) is 0.326. The number of hydrogen-bond acceptors (Lipinski definition) is 3. The Balaban J connectivity index is 2.45. The number of halogens is 2. The molecule has 0 N–H and O–H groups in total. The number of benzene rings is 2. The lowest BCUT2D eigenvalue weighted by atomic mass is 9.83. The molecule has 5 nitrogen and oxygen atoms in total. The average Bonchev–Trinajstić information content (AvgIpc) is 2.47. The van der Waals surface area contributed by atoms with Gasteiger partial charge in [0.15, 0.2) is 11.6 Å². The van der Waals surface area contributed by atoms with Crippen LogP contribution in [0.5, 0.6) is 0 Å². The second kappa shape index (κ2) is 5.11. The molecule has 7 heteroatoms. The van der Waals surface area contributed by atoms with Crippen molar-refractivity contribution >= 4 is 49.1 Å². The minimum atomic E-state index is -0.329. The van der Waals surface area contributed by atoms with Crippen molar-refractivity contribution in [2.75, 3.05) is 0 Å². The lowest BCUT2D eigenvalue weighted by Gasteiger charge is -2.20. The average molecular weight is 407 g/mol. The lowest BCUT2D eigenvalue weighted by molar-refractivity contribution is 0.0979. The van der Waals surface area contributed by atoms with Crippen molar-refractivity contribution in [2.24, 2.45) is 5.11 Å². The maximum atomic E-state index is 12.7. The Morgan fingerprint density at radius 1 is 0.952 bits per heavy atom. The second-order valence-corrected chi connectivity index (χ2v) is 6.04. The molecule has 0 heterocycles. The second-order valence-electron chi connectivity index (χ2n) is 4.33. The Morgan fingerprint density at radius 3 is 2.10 bits per heavy atom. The van der Waals surface area contributed by atoms with Gasteiger partial charge in [-0.25, -0.2) is 0 Å². The van der Waals surface area contributed by atoms with E-state index in [1.807, 2.05) is 0 Å². The number of azide groups is 1. The normalized spacial score (nSPS) is 12.5. The Hall–Kier alpha value is -1.95. The van der Waals surface area contributed by atoms with E-state index in [-0.39, 0.29) is 28.4 Å². The molecule has 0 amide bonds. The summed E-state index contributed by atoms with van der Waals surface area (Å²) in [5.41, 5.74) is 9.84. The van der Waals surface area contributed by atoms with Gasteiger partial charge < -0.3 is 0 Å². The summed E-state index contributed by atoms with van der Waals surface area (Å²) in [6.07, 6.45) is 0. The molecular weight excluding hydrogens is 402 g/mol. The van der Waals surface area contributed by atoms with Crippen LogP contribution in [-0.2, 0) is 0 Å². The van der Waals surface area contributed by atoms with Crippen LogP contribution in [-0.4, -0.2) is 11.6 Å². The zero-order valence-corrected chi connectivity index (χ0v) is 13.5. The van der Waals surface area contributed by atoms with Crippen molar-refractivity contribution in [1.82, 2.24) is 0 Å². The highest BCUT2D eigenvalue weighted by Crippen LogP contribution is 2.42. The first-order valence-electron chi connectivity index (χ1n) is 5.81. The highest BCUT2D eigenvalue weighted by atomic mass is 79.9. The fourth-order valence-corrected chi connectivity index (χ4v) is 3.76. The Kier molecular flexibility index (Phi) is 3.41. The molecule has 21 heavy (non-hydrogen) atoms. The van der Waals surface area contributed by atoms with Gasteiger partial charge in [-0.2, -0.15) is 0 Å². The highest BCUT2D eigenvalue weighted by Gasteiger charge is 2.33. The number of fused-ring (bicyclic) bond motifs is 2. The standard InChI is InChI=1S/C14H5Br2N3O2/c15-8-5-9(16)12(18-19-17)11-10(8)13(20)6-3-1-2-4-7(6)14(11)21/h1-5H. The van der Waals surface area contributed by atoms with Crippen LogP contribution < -0.4 is 0 Å². The summed E-state index contributed by atoms with van der Waals surface area (Å²) in [5, 5.41) is 3.56. The first-order chi connectivity index (χ1) is 10.1. The van der Waals surface area contributed by atoms with Gasteiger partial charge in [0, 0.05) is 36.1 Å². The number of hydrogen-bond donors (Lipinski definition) is 0. The number of carbonyl (C=O) groups is 2. The van der Waals surface area contributed by atoms with Gasteiger partial charge in [-0.05, 0) is 27.5 Å². The molecule has 2 aromatic rings. The summed E-state index contributed by atoms with van der Waals surface area (Å²) in [6.45, 7) is 0.